The van der Waals surface area contributed by atoms with Crippen LogP contribution in [0.25, 0.3) is 0 Å². The van der Waals surface area contributed by atoms with Crippen molar-refractivity contribution in [3.05, 3.63) is 12.7 Å². The number of rotatable bonds is 9. The molecule has 102 valence electrons. The van der Waals surface area contributed by atoms with Crippen molar-refractivity contribution in [3.63, 3.8) is 0 Å². The number of aliphatic hydroxyl groups is 1. The molecule has 0 aromatic carbocycles. The number of hydrogen-bond acceptors (Lipinski definition) is 2. The quantitative estimate of drug-likeness (QED) is 0.380. The fourth-order valence-electron chi connectivity index (χ4n) is 1.59. The normalized spacial score (nSPS) is 11.9. The molecule has 2 N–H and O–H groups in total. The molecule has 0 aliphatic rings. The average Bonchev–Trinajstić information content (AvgIpc) is 2.34. The summed E-state index contributed by atoms with van der Waals surface area (Å²) >= 11 is 0. The van der Waals surface area contributed by atoms with E-state index in [0.29, 0.717) is 6.61 Å². The summed E-state index contributed by atoms with van der Waals surface area (Å²) in [4.78, 5) is 9.25. The highest BCUT2D eigenvalue weighted by Gasteiger charge is 2.04. The topological polar surface area (TPSA) is 57.5 Å². The van der Waals surface area contributed by atoms with Crippen LogP contribution < -0.4 is 0 Å². The Kier molecular flexibility index (Phi) is 17.0. The van der Waals surface area contributed by atoms with Gasteiger partial charge in [-0.05, 0) is 12.0 Å². The molecule has 0 spiro atoms. The Morgan fingerprint density at radius 2 is 2.06 bits per heavy atom. The number of carbonyl (C=O) groups is 1. The molecule has 1 atom stereocenters. The van der Waals surface area contributed by atoms with E-state index in [9.17, 15) is 4.79 Å². The van der Waals surface area contributed by atoms with Crippen molar-refractivity contribution in [2.45, 2.75) is 51.6 Å². The molecule has 1 unspecified atom stereocenters. The predicted molar refractivity (Wildman–Crippen MR) is 76.4 cm³/mol. The Balaban J connectivity index is 0. The summed E-state index contributed by atoms with van der Waals surface area (Å²) in [6, 6.07) is 2.58. The maximum absolute atomic E-state index is 9.25. The molecule has 0 fully saturated rings. The van der Waals surface area contributed by atoms with Gasteiger partial charge in [0.2, 0.25) is 0 Å². The summed E-state index contributed by atoms with van der Waals surface area (Å²) in [6.45, 7) is 7.95. The monoisotopic (exact) mass is 260 g/mol. The molecule has 17 heavy (non-hydrogen) atoms. The van der Waals surface area contributed by atoms with Crippen molar-refractivity contribution in [2.24, 2.45) is 5.92 Å². The van der Waals surface area contributed by atoms with Crippen molar-refractivity contribution in [2.75, 3.05) is 6.61 Å². The van der Waals surface area contributed by atoms with Gasteiger partial charge in [0, 0.05) is 22.2 Å². The van der Waals surface area contributed by atoms with E-state index in [-0.39, 0.29) is 9.52 Å². The Morgan fingerprint density at radius 1 is 1.47 bits per heavy atom. The number of unbranched alkanes of at least 4 members (excludes halogenated alkanes) is 1. The van der Waals surface area contributed by atoms with Crippen molar-refractivity contribution in [1.29, 1.82) is 0 Å². The van der Waals surface area contributed by atoms with Crippen LogP contribution >= 0.6 is 0 Å². The van der Waals surface area contributed by atoms with Gasteiger partial charge in [0.1, 0.15) is 0 Å². The lowest BCUT2D eigenvalue weighted by Crippen LogP contribution is -2.04. The molecule has 0 aliphatic carbocycles. The molecule has 3 nitrogen and oxygen atoms in total. The summed E-state index contributed by atoms with van der Waals surface area (Å²) in [5.41, 5.74) is 0. The standard InChI is InChI=1S/C10H24OSi.C3H4O2/c1-3-5-6-10(4-2)9-12-8-7-11;1-2-3(4)5/h10-11H,3-9,12H2,1-2H3;2H,1H2,(H,4,5). The summed E-state index contributed by atoms with van der Waals surface area (Å²) in [5, 5.41) is 16.3. The third kappa shape index (κ3) is 18.0. The highest BCUT2D eigenvalue weighted by molar-refractivity contribution is 6.35. The van der Waals surface area contributed by atoms with E-state index in [4.69, 9.17) is 10.2 Å². The van der Waals surface area contributed by atoms with E-state index in [1.807, 2.05) is 0 Å². The van der Waals surface area contributed by atoms with E-state index >= 15 is 0 Å². The molecule has 0 aromatic rings. The zero-order chi connectivity index (χ0) is 13.5. The molecule has 0 rings (SSSR count). The zero-order valence-electron chi connectivity index (χ0n) is 11.3. The van der Waals surface area contributed by atoms with Crippen molar-refractivity contribution in [1.82, 2.24) is 0 Å². The zero-order valence-corrected chi connectivity index (χ0v) is 12.7. The summed E-state index contributed by atoms with van der Waals surface area (Å²) in [6.07, 6.45) is 6.33. The highest BCUT2D eigenvalue weighted by atomic mass is 28.2. The minimum absolute atomic E-state index is 0.0749. The number of carboxylic acid groups (broad SMARTS) is 1. The van der Waals surface area contributed by atoms with Gasteiger partial charge in [-0.15, -0.1) is 0 Å². The molecular formula is C13H28O3Si. The fourth-order valence-corrected chi connectivity index (χ4v) is 3.38. The number of aliphatic hydroxyl groups excluding tert-OH is 1. The van der Waals surface area contributed by atoms with Crippen molar-refractivity contribution in [3.8, 4) is 0 Å². The first kappa shape index (κ1) is 18.7. The molecule has 0 aliphatic heterocycles. The van der Waals surface area contributed by atoms with Gasteiger partial charge in [-0.1, -0.05) is 52.2 Å². The molecule has 4 heteroatoms. The van der Waals surface area contributed by atoms with Crippen LogP contribution in [-0.4, -0.2) is 32.3 Å². The first-order chi connectivity index (χ1) is 8.12. The molecule has 0 radical (unpaired) electrons. The Hall–Kier alpha value is -0.613. The minimum Gasteiger partial charge on any atom is -0.478 e. The van der Waals surface area contributed by atoms with Crippen LogP contribution in [0.3, 0.4) is 0 Å². The Bertz CT molecular complexity index is 184. The largest absolute Gasteiger partial charge is 0.478 e. The third-order valence-electron chi connectivity index (χ3n) is 2.74. The van der Waals surface area contributed by atoms with Crippen LogP contribution in [0.15, 0.2) is 12.7 Å². The third-order valence-corrected chi connectivity index (χ3v) is 4.78. The second-order valence-corrected chi connectivity index (χ2v) is 6.17. The van der Waals surface area contributed by atoms with Gasteiger partial charge in [-0.3, -0.25) is 0 Å². The Labute approximate surface area is 108 Å². The molecule has 0 saturated carbocycles. The van der Waals surface area contributed by atoms with E-state index in [1.54, 1.807) is 0 Å². The van der Waals surface area contributed by atoms with Gasteiger partial charge in [0.15, 0.2) is 0 Å². The van der Waals surface area contributed by atoms with Gasteiger partial charge in [0.25, 0.3) is 0 Å². The minimum atomic E-state index is -0.981. The van der Waals surface area contributed by atoms with E-state index < -0.39 is 5.97 Å². The molecule has 0 bridgehead atoms. The van der Waals surface area contributed by atoms with E-state index in [2.05, 4.69) is 20.4 Å². The van der Waals surface area contributed by atoms with Crippen LogP contribution in [0, 0.1) is 5.92 Å². The Morgan fingerprint density at radius 3 is 2.41 bits per heavy atom. The van der Waals surface area contributed by atoms with Gasteiger partial charge < -0.3 is 10.2 Å². The molecule has 0 aromatic heterocycles. The summed E-state index contributed by atoms with van der Waals surface area (Å²) in [7, 11) is 0.0749. The molecular weight excluding hydrogens is 232 g/mol. The lowest BCUT2D eigenvalue weighted by Gasteiger charge is -2.12. The average molecular weight is 260 g/mol. The second-order valence-electron chi connectivity index (χ2n) is 4.18. The predicted octanol–water partition coefficient (Wildman–Crippen LogP) is 2.46. The van der Waals surface area contributed by atoms with E-state index in [0.717, 1.165) is 18.0 Å². The van der Waals surface area contributed by atoms with Crippen LogP contribution in [-0.2, 0) is 4.79 Å². The lowest BCUT2D eigenvalue weighted by atomic mass is 10.0. The molecule has 0 amide bonds. The lowest BCUT2D eigenvalue weighted by molar-refractivity contribution is -0.131. The van der Waals surface area contributed by atoms with Gasteiger partial charge in [-0.2, -0.15) is 0 Å². The van der Waals surface area contributed by atoms with Crippen LogP contribution in [0.4, 0.5) is 0 Å². The first-order valence-electron chi connectivity index (χ1n) is 6.58. The SMILES string of the molecule is C=CC(=O)O.CCCCC(CC)C[SiH2]CCO. The first-order valence-corrected chi connectivity index (χ1v) is 8.58. The van der Waals surface area contributed by atoms with Gasteiger partial charge in [0.05, 0.1) is 0 Å². The van der Waals surface area contributed by atoms with Gasteiger partial charge >= 0.3 is 5.97 Å². The van der Waals surface area contributed by atoms with Gasteiger partial charge in [-0.25, -0.2) is 4.79 Å². The number of aliphatic carboxylic acids is 1. The number of carboxylic acids is 1. The maximum Gasteiger partial charge on any atom is 0.327 e. The van der Waals surface area contributed by atoms with Crippen LogP contribution in [0.5, 0.6) is 0 Å². The highest BCUT2D eigenvalue weighted by Crippen LogP contribution is 2.16. The molecule has 0 heterocycles. The van der Waals surface area contributed by atoms with Crippen molar-refractivity contribution < 1.29 is 15.0 Å². The number of hydrogen-bond donors (Lipinski definition) is 2. The second kappa shape index (κ2) is 15.4. The molecule has 0 saturated heterocycles. The maximum atomic E-state index is 9.25. The summed E-state index contributed by atoms with van der Waals surface area (Å²) in [5.74, 6) is -0.00633. The van der Waals surface area contributed by atoms with Crippen molar-refractivity contribution >= 4 is 15.5 Å². The summed E-state index contributed by atoms with van der Waals surface area (Å²) < 4.78 is 0. The van der Waals surface area contributed by atoms with Crippen LogP contribution in [0.1, 0.15) is 39.5 Å². The van der Waals surface area contributed by atoms with E-state index in [1.165, 1.54) is 31.7 Å². The van der Waals surface area contributed by atoms with Crippen LogP contribution in [0.2, 0.25) is 12.1 Å². The smallest absolute Gasteiger partial charge is 0.327 e. The fraction of sp³-hybridized carbons (Fsp3) is 0.769.